The topological polar surface area (TPSA) is 18.5 Å². The molecule has 186 valence electrons. The van der Waals surface area contributed by atoms with Crippen LogP contribution in [0.15, 0.2) is 30.3 Å². The average molecular weight is 475 g/mol. The maximum atomic E-state index is 15.1. The Morgan fingerprint density at radius 2 is 1.35 bits per heavy atom. The molecule has 2 fully saturated rings. The van der Waals surface area contributed by atoms with Crippen LogP contribution in [0.3, 0.4) is 0 Å². The first-order chi connectivity index (χ1) is 16.5. The minimum atomic E-state index is -0.657. The van der Waals surface area contributed by atoms with Crippen molar-refractivity contribution in [1.82, 2.24) is 0 Å². The molecule has 0 saturated heterocycles. The number of hydrogen-bond donors (Lipinski definition) is 0. The van der Waals surface area contributed by atoms with Gasteiger partial charge >= 0.3 is 0 Å². The van der Waals surface area contributed by atoms with Gasteiger partial charge in [0, 0.05) is 11.6 Å². The summed E-state index contributed by atoms with van der Waals surface area (Å²) in [6, 6.07) is 8.48. The minimum Gasteiger partial charge on any atom is -0.494 e. The molecule has 34 heavy (non-hydrogen) atoms. The Hall–Kier alpha value is -2.01. The van der Waals surface area contributed by atoms with Gasteiger partial charge in [-0.3, -0.25) is 0 Å². The van der Waals surface area contributed by atoms with Crippen LogP contribution in [0.2, 0.25) is 0 Å². The summed E-state index contributed by atoms with van der Waals surface area (Å²) in [5.41, 5.74) is 1.56. The summed E-state index contributed by atoms with van der Waals surface area (Å²) < 4.78 is 55.7. The first kappa shape index (κ1) is 25.1. The van der Waals surface area contributed by atoms with Crippen molar-refractivity contribution in [2.75, 3.05) is 6.61 Å². The summed E-state index contributed by atoms with van der Waals surface area (Å²) >= 11 is 0. The van der Waals surface area contributed by atoms with Gasteiger partial charge in [-0.25, -0.2) is 13.2 Å². The van der Waals surface area contributed by atoms with Crippen LogP contribution in [-0.4, -0.2) is 12.7 Å². The summed E-state index contributed by atoms with van der Waals surface area (Å²) in [4.78, 5) is 0. The Labute approximate surface area is 201 Å². The lowest BCUT2D eigenvalue weighted by molar-refractivity contribution is 0.0118. The van der Waals surface area contributed by atoms with E-state index in [1.54, 1.807) is 12.1 Å². The number of hydrogen-bond acceptors (Lipinski definition) is 2. The van der Waals surface area contributed by atoms with Gasteiger partial charge in [0.2, 0.25) is 0 Å². The van der Waals surface area contributed by atoms with Crippen LogP contribution >= 0.6 is 0 Å². The van der Waals surface area contributed by atoms with Crippen LogP contribution in [-0.2, 0) is 11.3 Å². The Morgan fingerprint density at radius 1 is 0.765 bits per heavy atom. The fourth-order valence-corrected chi connectivity index (χ4v) is 5.74. The lowest BCUT2D eigenvalue weighted by atomic mass is 9.76. The number of halogens is 3. The minimum absolute atomic E-state index is 0.00133. The SMILES string of the molecule is CCOc1ccc(COC2CCC(c3ccc(C4CCC(CC)CC4)c(F)c3F)CC2)c(F)c1. The van der Waals surface area contributed by atoms with Gasteiger partial charge in [0.05, 0.1) is 19.3 Å². The summed E-state index contributed by atoms with van der Waals surface area (Å²) in [6.07, 6.45) is 8.29. The maximum absolute atomic E-state index is 15.1. The first-order valence-electron chi connectivity index (χ1n) is 13.0. The lowest BCUT2D eigenvalue weighted by Crippen LogP contribution is -2.22. The van der Waals surface area contributed by atoms with Crippen molar-refractivity contribution < 1.29 is 22.6 Å². The van der Waals surface area contributed by atoms with Gasteiger partial charge in [-0.05, 0) is 93.2 Å². The molecule has 2 aromatic rings. The van der Waals surface area contributed by atoms with Crippen molar-refractivity contribution in [3.8, 4) is 5.75 Å². The lowest BCUT2D eigenvalue weighted by Gasteiger charge is -2.31. The second-order valence-corrected chi connectivity index (χ2v) is 9.97. The smallest absolute Gasteiger partial charge is 0.162 e. The second kappa shape index (κ2) is 11.6. The molecular formula is C29H37F3O2. The van der Waals surface area contributed by atoms with E-state index in [0.717, 1.165) is 57.3 Å². The van der Waals surface area contributed by atoms with E-state index in [2.05, 4.69) is 6.92 Å². The molecule has 0 heterocycles. The highest BCUT2D eigenvalue weighted by Gasteiger charge is 2.29. The van der Waals surface area contributed by atoms with Crippen LogP contribution < -0.4 is 4.74 Å². The molecule has 0 atom stereocenters. The van der Waals surface area contributed by atoms with E-state index >= 15 is 8.78 Å². The van der Waals surface area contributed by atoms with Gasteiger partial charge in [0.25, 0.3) is 0 Å². The summed E-state index contributed by atoms with van der Waals surface area (Å²) in [5, 5.41) is 0. The third-order valence-corrected chi connectivity index (χ3v) is 7.93. The van der Waals surface area contributed by atoms with E-state index in [-0.39, 0.29) is 30.4 Å². The van der Waals surface area contributed by atoms with Gasteiger partial charge < -0.3 is 9.47 Å². The van der Waals surface area contributed by atoms with Gasteiger partial charge in [-0.15, -0.1) is 0 Å². The highest BCUT2D eigenvalue weighted by atomic mass is 19.2. The predicted octanol–water partition coefficient (Wildman–Crippen LogP) is 8.43. The summed E-state index contributed by atoms with van der Waals surface area (Å²) in [7, 11) is 0. The molecule has 5 heteroatoms. The van der Waals surface area contributed by atoms with Crippen molar-refractivity contribution in [2.45, 2.75) is 96.2 Å². The van der Waals surface area contributed by atoms with Crippen molar-refractivity contribution in [3.05, 3.63) is 64.5 Å². The van der Waals surface area contributed by atoms with Gasteiger partial charge in [-0.2, -0.15) is 0 Å². The van der Waals surface area contributed by atoms with Crippen LogP contribution in [0.1, 0.15) is 100 Å². The normalized spacial score (nSPS) is 25.3. The first-order valence-corrected chi connectivity index (χ1v) is 13.0. The van der Waals surface area contributed by atoms with Gasteiger partial charge in [0.1, 0.15) is 11.6 Å². The molecule has 0 aliphatic heterocycles. The molecule has 4 rings (SSSR count). The maximum Gasteiger partial charge on any atom is 0.162 e. The molecule has 0 amide bonds. The molecule has 0 aromatic heterocycles. The number of rotatable bonds is 8. The number of ether oxygens (including phenoxy) is 2. The van der Waals surface area contributed by atoms with Crippen molar-refractivity contribution >= 4 is 0 Å². The zero-order chi connectivity index (χ0) is 24.1. The van der Waals surface area contributed by atoms with Crippen LogP contribution in [0.5, 0.6) is 5.75 Å². The molecule has 2 nitrogen and oxygen atoms in total. The third kappa shape index (κ3) is 5.79. The fraction of sp³-hybridized carbons (Fsp3) is 0.586. The van der Waals surface area contributed by atoms with E-state index in [0.29, 0.717) is 29.0 Å². The average Bonchev–Trinajstić information content (AvgIpc) is 2.86. The molecule has 0 N–H and O–H groups in total. The van der Waals surface area contributed by atoms with E-state index in [1.807, 2.05) is 19.1 Å². The zero-order valence-corrected chi connectivity index (χ0v) is 20.4. The molecular weight excluding hydrogens is 437 g/mol. The Morgan fingerprint density at radius 3 is 1.88 bits per heavy atom. The van der Waals surface area contributed by atoms with E-state index in [1.165, 1.54) is 12.5 Å². The summed E-state index contributed by atoms with van der Waals surface area (Å²) in [6.45, 7) is 4.76. The molecule has 2 saturated carbocycles. The predicted molar refractivity (Wildman–Crippen MR) is 129 cm³/mol. The van der Waals surface area contributed by atoms with Crippen LogP contribution in [0.4, 0.5) is 13.2 Å². The van der Waals surface area contributed by atoms with Crippen molar-refractivity contribution in [3.63, 3.8) is 0 Å². The quantitative estimate of drug-likeness (QED) is 0.382. The second-order valence-electron chi connectivity index (χ2n) is 9.97. The van der Waals surface area contributed by atoms with Crippen LogP contribution in [0, 0.1) is 23.4 Å². The molecule has 0 spiro atoms. The standard InChI is InChI=1S/C29H37F3O2/c1-3-19-5-7-20(8-6-19)25-15-16-26(29(32)28(25)31)21-9-12-23(13-10-21)34-18-22-11-14-24(33-4-2)17-27(22)30/h11,14-17,19-21,23H,3-10,12-13,18H2,1-2H3. The Balaban J connectivity index is 1.31. The zero-order valence-electron chi connectivity index (χ0n) is 20.4. The fourth-order valence-electron chi connectivity index (χ4n) is 5.74. The Bertz CT molecular complexity index is 945. The van der Waals surface area contributed by atoms with E-state index in [9.17, 15) is 4.39 Å². The third-order valence-electron chi connectivity index (χ3n) is 7.93. The Kier molecular flexibility index (Phi) is 8.57. The van der Waals surface area contributed by atoms with Crippen molar-refractivity contribution in [2.24, 2.45) is 5.92 Å². The van der Waals surface area contributed by atoms with E-state index in [4.69, 9.17) is 9.47 Å². The van der Waals surface area contributed by atoms with Crippen LogP contribution in [0.25, 0.3) is 0 Å². The highest BCUT2D eigenvalue weighted by Crippen LogP contribution is 2.41. The molecule has 0 bridgehead atoms. The molecule has 2 aliphatic carbocycles. The van der Waals surface area contributed by atoms with Gasteiger partial charge in [0.15, 0.2) is 11.6 Å². The highest BCUT2D eigenvalue weighted by molar-refractivity contribution is 5.32. The largest absolute Gasteiger partial charge is 0.494 e. The summed E-state index contributed by atoms with van der Waals surface area (Å²) in [5.74, 6) is -0.247. The van der Waals surface area contributed by atoms with Crippen molar-refractivity contribution in [1.29, 1.82) is 0 Å². The van der Waals surface area contributed by atoms with Gasteiger partial charge in [-0.1, -0.05) is 31.5 Å². The molecule has 0 radical (unpaired) electrons. The monoisotopic (exact) mass is 474 g/mol. The number of benzene rings is 2. The van der Waals surface area contributed by atoms with E-state index < -0.39 is 11.6 Å². The molecule has 2 aromatic carbocycles. The molecule has 0 unspecified atom stereocenters. The molecule has 2 aliphatic rings.